The third-order valence-corrected chi connectivity index (χ3v) is 16.4. The molecule has 4 heterocycles. The van der Waals surface area contributed by atoms with E-state index in [4.69, 9.17) is 0 Å². The van der Waals surface area contributed by atoms with Crippen LogP contribution in [0.3, 0.4) is 0 Å². The Morgan fingerprint density at radius 2 is 1.05 bits per heavy atom. The quantitative estimate of drug-likeness (QED) is 0.102. The highest BCUT2D eigenvalue weighted by Crippen LogP contribution is 2.40. The van der Waals surface area contributed by atoms with Gasteiger partial charge < -0.3 is 30.9 Å². The van der Waals surface area contributed by atoms with Crippen LogP contribution in [0.4, 0.5) is 0 Å². The van der Waals surface area contributed by atoms with Crippen molar-refractivity contribution in [1.29, 1.82) is 0 Å². The molecule has 13 nitrogen and oxygen atoms in total. The predicted molar refractivity (Wildman–Crippen MR) is 313 cm³/mol. The zero-order valence-electron chi connectivity index (χ0n) is 47.7. The lowest BCUT2D eigenvalue weighted by Gasteiger charge is -2.40. The molecule has 2 aliphatic heterocycles. The lowest BCUT2D eigenvalue weighted by Crippen LogP contribution is -2.60. The van der Waals surface area contributed by atoms with Crippen LogP contribution in [-0.4, -0.2) is 101 Å². The van der Waals surface area contributed by atoms with Crippen molar-refractivity contribution >= 4 is 64.0 Å². The van der Waals surface area contributed by atoms with Crippen molar-refractivity contribution < 1.29 is 29.1 Å². The van der Waals surface area contributed by atoms with Crippen molar-refractivity contribution in [3.63, 3.8) is 0 Å². The second-order valence-electron chi connectivity index (χ2n) is 24.5. The fourth-order valence-corrected chi connectivity index (χ4v) is 12.5. The highest BCUT2D eigenvalue weighted by molar-refractivity contribution is 8.02. The first-order chi connectivity index (χ1) is 34.1. The van der Waals surface area contributed by atoms with Gasteiger partial charge in [0.15, 0.2) is 0 Å². The van der Waals surface area contributed by atoms with Gasteiger partial charge in [0, 0.05) is 41.8 Å². The Labute approximate surface area is 462 Å². The summed E-state index contributed by atoms with van der Waals surface area (Å²) in [4.78, 5) is 79.7. The van der Waals surface area contributed by atoms with Crippen molar-refractivity contribution in [2.75, 3.05) is 13.1 Å². The molecular formula is C59H91N7O6S3. The molecule has 5 amide bonds. The van der Waals surface area contributed by atoms with Crippen molar-refractivity contribution in [1.82, 2.24) is 35.7 Å². The number of aryl methyl sites for hydroxylation is 2. The Hall–Kier alpha value is -4.64. The number of likely N-dealkylation sites (tertiary alicyclic amines) is 2. The fourth-order valence-electron chi connectivity index (χ4n) is 9.00. The Morgan fingerprint density at radius 1 is 0.653 bits per heavy atom. The molecule has 0 unspecified atom stereocenters. The van der Waals surface area contributed by atoms with Crippen LogP contribution < -0.4 is 16.0 Å². The average Bonchev–Trinajstić information content (AvgIpc) is 4.10. The molecule has 16 heteroatoms. The molecule has 2 aromatic carbocycles. The maximum absolute atomic E-state index is 13.9. The number of carbonyl (C=O) groups is 5. The summed E-state index contributed by atoms with van der Waals surface area (Å²) in [5, 5.41) is 19.2. The minimum absolute atomic E-state index is 0. The number of aromatic nitrogens is 2. The minimum atomic E-state index is -0.745. The lowest BCUT2D eigenvalue weighted by atomic mass is 9.81. The van der Waals surface area contributed by atoms with E-state index < -0.39 is 29.0 Å². The topological polar surface area (TPSA) is 174 Å². The number of hydrogen-bond donors (Lipinski definition) is 4. The van der Waals surface area contributed by atoms with E-state index in [2.05, 4.69) is 93.4 Å². The van der Waals surface area contributed by atoms with Crippen LogP contribution in [-0.2, 0) is 24.0 Å². The van der Waals surface area contributed by atoms with Gasteiger partial charge in [-0.05, 0) is 87.0 Å². The molecule has 8 atom stereocenters. The van der Waals surface area contributed by atoms with Gasteiger partial charge in [-0.3, -0.25) is 24.0 Å². The zero-order chi connectivity index (χ0) is 55.8. The number of β-amino-alcohol motifs (C(OH)–C–C–N with tert-alkyl or cyclic N) is 1. The summed E-state index contributed by atoms with van der Waals surface area (Å²) in [7, 11) is 0. The molecule has 75 heavy (non-hydrogen) atoms. The Balaban J connectivity index is 0.000000363. The Bertz CT molecular complexity index is 2510. The molecule has 6 rings (SSSR count). The third kappa shape index (κ3) is 18.8. The van der Waals surface area contributed by atoms with Crippen LogP contribution in [0.5, 0.6) is 0 Å². The minimum Gasteiger partial charge on any atom is -0.391 e. The highest BCUT2D eigenvalue weighted by atomic mass is 32.2. The molecule has 0 radical (unpaired) electrons. The van der Waals surface area contributed by atoms with E-state index in [-0.39, 0.29) is 84.0 Å². The van der Waals surface area contributed by atoms with E-state index in [1.165, 1.54) is 6.92 Å². The average molecular weight is 1090 g/mol. The molecule has 2 aliphatic rings. The number of nitrogens with one attached hydrogen (secondary N) is 3. The molecule has 416 valence electrons. The Morgan fingerprint density at radius 3 is 1.41 bits per heavy atom. The number of aliphatic hydroxyl groups excluding tert-OH is 1. The smallest absolute Gasteiger partial charge is 0.247 e. The maximum atomic E-state index is 13.9. The molecule has 2 aromatic heterocycles. The molecule has 4 aromatic rings. The number of hydrogen-bond acceptors (Lipinski definition) is 11. The predicted octanol–water partition coefficient (Wildman–Crippen LogP) is 12.0. The van der Waals surface area contributed by atoms with Gasteiger partial charge in [0.25, 0.3) is 0 Å². The largest absolute Gasteiger partial charge is 0.391 e. The third-order valence-electron chi connectivity index (χ3n) is 13.0. The number of thiazole rings is 2. The molecule has 2 fully saturated rings. The van der Waals surface area contributed by atoms with E-state index >= 15 is 0 Å². The summed E-state index contributed by atoms with van der Waals surface area (Å²) in [6.45, 7) is 39.0. The lowest BCUT2D eigenvalue weighted by molar-refractivity contribution is -0.144. The first-order valence-electron chi connectivity index (χ1n) is 26.0. The van der Waals surface area contributed by atoms with E-state index in [1.54, 1.807) is 44.2 Å². The van der Waals surface area contributed by atoms with Gasteiger partial charge >= 0.3 is 0 Å². The Kier molecular flexibility index (Phi) is 22.9. The van der Waals surface area contributed by atoms with Crippen LogP contribution >= 0.6 is 34.4 Å². The maximum Gasteiger partial charge on any atom is 0.247 e. The summed E-state index contributed by atoms with van der Waals surface area (Å²) in [6, 6.07) is 13.9. The van der Waals surface area contributed by atoms with E-state index in [9.17, 15) is 29.1 Å². The number of aliphatic hydroxyl groups is 1. The van der Waals surface area contributed by atoms with Crippen molar-refractivity contribution in [3.8, 4) is 20.9 Å². The van der Waals surface area contributed by atoms with E-state index in [0.717, 1.165) is 43.4 Å². The summed E-state index contributed by atoms with van der Waals surface area (Å²) in [6.07, 6.45) is 0.183. The first-order valence-corrected chi connectivity index (χ1v) is 28.5. The normalized spacial score (nSPS) is 19.5. The number of benzene rings is 2. The van der Waals surface area contributed by atoms with Crippen molar-refractivity contribution in [3.05, 3.63) is 82.1 Å². The SMILES string of the molecule is C.CC(=O)N[C@H](C(=O)N1C[C@H](C)C[C@H]1C(=O)N[C@@H](C)c1ccc(-c2scnc2C)cc1)C(C)(C)SC(C)(C)C.CC(C)(C)C.Cc1ncsc1-c1ccc([C@H](C)NC(=O)[C@@H]2C[C@@H](O)CN2C(=O)[C@@H](C)C(C)(C)C)cc1. The molecule has 0 spiro atoms. The summed E-state index contributed by atoms with van der Waals surface area (Å²) in [5.74, 6) is -0.993. The van der Waals surface area contributed by atoms with Gasteiger partial charge in [-0.15, -0.1) is 34.4 Å². The van der Waals surface area contributed by atoms with Gasteiger partial charge in [0.2, 0.25) is 29.5 Å². The molecular weight excluding hydrogens is 999 g/mol. The highest BCUT2D eigenvalue weighted by Gasteiger charge is 2.47. The number of rotatable bonds is 13. The molecule has 2 saturated heterocycles. The van der Waals surface area contributed by atoms with Crippen LogP contribution in [0.1, 0.15) is 173 Å². The van der Waals surface area contributed by atoms with Crippen molar-refractivity contribution in [2.24, 2.45) is 22.7 Å². The molecule has 0 aliphatic carbocycles. The van der Waals surface area contributed by atoms with Crippen molar-refractivity contribution in [2.45, 2.75) is 198 Å². The van der Waals surface area contributed by atoms with Gasteiger partial charge in [0.05, 0.1) is 50.4 Å². The second-order valence-corrected chi connectivity index (χ2v) is 28.7. The van der Waals surface area contributed by atoms with E-state index in [1.807, 2.05) is 117 Å². The molecule has 0 bridgehead atoms. The molecule has 4 N–H and O–H groups in total. The first kappa shape index (κ1) is 64.6. The molecule has 0 saturated carbocycles. The number of thioether (sulfide) groups is 1. The summed E-state index contributed by atoms with van der Waals surface area (Å²) in [5.41, 5.74) is 10.2. The summed E-state index contributed by atoms with van der Waals surface area (Å²) >= 11 is 4.87. The second kappa shape index (κ2) is 26.6. The number of nitrogens with zero attached hydrogens (tertiary/aromatic N) is 4. The van der Waals surface area contributed by atoms with Gasteiger partial charge in [-0.1, -0.05) is 139 Å². The van der Waals surface area contributed by atoms with Crippen LogP contribution in [0.15, 0.2) is 59.6 Å². The fraction of sp³-hybridized carbons (Fsp3) is 0.610. The van der Waals surface area contributed by atoms with Gasteiger partial charge in [-0.25, -0.2) is 9.97 Å². The van der Waals surface area contributed by atoms with Crippen LogP contribution in [0.2, 0.25) is 0 Å². The zero-order valence-corrected chi connectivity index (χ0v) is 50.2. The number of amides is 5. The number of carbonyl (C=O) groups excluding carboxylic acids is 5. The van der Waals surface area contributed by atoms with Crippen LogP contribution in [0, 0.1) is 36.5 Å². The standard InChI is InChI=1S/C29H42N4O3S2.C24H33N3O3S.C5H12.CH4/c1-17-14-23(33(15-17)27(36)25(32-20(4)34)29(8,9)38-28(5,6)7)26(35)31-18(2)21-10-12-22(13-11-21)24-19(3)30-16-37-24;1-14(24(4,5)6)23(30)27-12-19(28)11-20(27)22(29)26-15(2)17-7-9-18(10-8-17)21-16(3)25-13-31-21;1-5(2,3)4;/h10-13,16-18,23,25H,14-15H2,1-9H3,(H,31,35)(H,32,34);7-10,13-15,19-20,28H,11-12H2,1-6H3,(H,26,29);1-4H3;1H4/t17-,18+,23+,25-;14-,15+,19-,20+;;/m11../s1. The monoisotopic (exact) mass is 1090 g/mol. The van der Waals surface area contributed by atoms with Gasteiger partial charge in [0.1, 0.15) is 18.1 Å². The van der Waals surface area contributed by atoms with Crippen LogP contribution in [0.25, 0.3) is 20.9 Å². The van der Waals surface area contributed by atoms with E-state index in [0.29, 0.717) is 18.4 Å². The van der Waals surface area contributed by atoms with Gasteiger partial charge in [-0.2, -0.15) is 0 Å². The summed E-state index contributed by atoms with van der Waals surface area (Å²) < 4.78 is -0.682.